The zero-order valence-electron chi connectivity index (χ0n) is 18.2. The van der Waals surface area contributed by atoms with E-state index >= 15 is 0 Å². The van der Waals surface area contributed by atoms with Crippen molar-refractivity contribution in [3.8, 4) is 0 Å². The molecule has 3 aromatic rings. The summed E-state index contributed by atoms with van der Waals surface area (Å²) in [7, 11) is 0. The Kier molecular flexibility index (Phi) is 4.37. The molecule has 6 rings (SSSR count). The second-order valence-corrected chi connectivity index (χ2v) is 9.25. The summed E-state index contributed by atoms with van der Waals surface area (Å²) in [6, 6.07) is 20.0. The smallest absolute Gasteiger partial charge is 0.291 e. The normalized spacial score (nSPS) is 27.4. The molecule has 8 nitrogen and oxygen atoms in total. The average Bonchev–Trinajstić information content (AvgIpc) is 3.42. The molecule has 4 amide bonds. The van der Waals surface area contributed by atoms with Crippen LogP contribution in [0.15, 0.2) is 66.7 Å². The Bertz CT molecular complexity index is 1400. The molecule has 3 heterocycles. The molecular formula is C26H23N4O4+. The van der Waals surface area contributed by atoms with Crippen LogP contribution in [-0.4, -0.2) is 29.7 Å². The van der Waals surface area contributed by atoms with E-state index in [0.29, 0.717) is 23.4 Å². The molecule has 0 radical (unpaired) electrons. The van der Waals surface area contributed by atoms with Gasteiger partial charge in [0.25, 0.3) is 5.91 Å². The Morgan fingerprint density at radius 1 is 0.971 bits per heavy atom. The van der Waals surface area contributed by atoms with Crippen LogP contribution in [-0.2, 0) is 24.7 Å². The summed E-state index contributed by atoms with van der Waals surface area (Å²) in [4.78, 5) is 53.9. The minimum absolute atomic E-state index is 0.0706. The number of benzene rings is 3. The number of rotatable bonds is 4. The molecule has 0 saturated carbocycles. The summed E-state index contributed by atoms with van der Waals surface area (Å²) in [6.45, 7) is 0. The van der Waals surface area contributed by atoms with Gasteiger partial charge in [-0.2, -0.15) is 0 Å². The molecule has 0 aromatic heterocycles. The molecule has 2 saturated heterocycles. The number of hydrogen-bond acceptors (Lipinski definition) is 4. The molecular weight excluding hydrogens is 432 g/mol. The van der Waals surface area contributed by atoms with Crippen molar-refractivity contribution >= 4 is 45.8 Å². The third-order valence-electron chi connectivity index (χ3n) is 7.49. The predicted molar refractivity (Wildman–Crippen MR) is 124 cm³/mol. The minimum Gasteiger partial charge on any atom is -0.370 e. The number of nitrogens with zero attached hydrogens (tertiary/aromatic N) is 1. The van der Waals surface area contributed by atoms with E-state index in [9.17, 15) is 19.2 Å². The number of carbonyl (C=O) groups is 4. The van der Waals surface area contributed by atoms with E-state index in [1.807, 2.05) is 59.9 Å². The van der Waals surface area contributed by atoms with Crippen LogP contribution in [0.5, 0.6) is 0 Å². The molecule has 3 aromatic carbocycles. The van der Waals surface area contributed by atoms with Crippen LogP contribution in [0.2, 0.25) is 0 Å². The summed E-state index contributed by atoms with van der Waals surface area (Å²) < 4.78 is 0. The lowest BCUT2D eigenvalue weighted by Gasteiger charge is -2.26. The first-order chi connectivity index (χ1) is 16.4. The third kappa shape index (κ3) is 2.69. The Hall–Kier alpha value is -4.04. The van der Waals surface area contributed by atoms with Gasteiger partial charge in [-0.05, 0) is 29.0 Å². The number of anilines is 2. The van der Waals surface area contributed by atoms with E-state index in [1.165, 1.54) is 4.90 Å². The van der Waals surface area contributed by atoms with Crippen molar-refractivity contribution in [2.75, 3.05) is 10.2 Å². The number of amides is 4. The molecule has 2 fully saturated rings. The van der Waals surface area contributed by atoms with E-state index in [0.717, 1.165) is 10.8 Å². The van der Waals surface area contributed by atoms with Crippen LogP contribution in [0.1, 0.15) is 18.4 Å². The van der Waals surface area contributed by atoms with Crippen molar-refractivity contribution in [3.63, 3.8) is 0 Å². The van der Waals surface area contributed by atoms with Crippen molar-refractivity contribution < 1.29 is 24.5 Å². The molecule has 8 heteroatoms. The van der Waals surface area contributed by atoms with Gasteiger partial charge in [0.1, 0.15) is 17.9 Å². The lowest BCUT2D eigenvalue weighted by atomic mass is 9.76. The second-order valence-electron chi connectivity index (χ2n) is 9.25. The van der Waals surface area contributed by atoms with Crippen molar-refractivity contribution in [2.45, 2.75) is 24.4 Å². The van der Waals surface area contributed by atoms with E-state index in [1.54, 1.807) is 12.1 Å². The topological polar surface area (TPSA) is 126 Å². The highest BCUT2D eigenvalue weighted by atomic mass is 16.2. The summed E-state index contributed by atoms with van der Waals surface area (Å²) in [5.74, 6) is -3.15. The van der Waals surface area contributed by atoms with Crippen molar-refractivity contribution in [3.05, 3.63) is 72.3 Å². The van der Waals surface area contributed by atoms with Gasteiger partial charge < -0.3 is 16.4 Å². The van der Waals surface area contributed by atoms with Gasteiger partial charge in [-0.3, -0.25) is 19.2 Å². The first kappa shape index (κ1) is 20.6. The largest absolute Gasteiger partial charge is 0.370 e. The maximum absolute atomic E-state index is 13.9. The predicted octanol–water partition coefficient (Wildman–Crippen LogP) is 1.00. The van der Waals surface area contributed by atoms with Crippen molar-refractivity contribution in [2.24, 2.45) is 17.6 Å². The van der Waals surface area contributed by atoms with Crippen molar-refractivity contribution in [1.29, 1.82) is 0 Å². The highest BCUT2D eigenvalue weighted by Gasteiger charge is 2.74. The van der Waals surface area contributed by atoms with E-state index in [-0.39, 0.29) is 18.2 Å². The van der Waals surface area contributed by atoms with Crippen LogP contribution in [0.3, 0.4) is 0 Å². The number of hydrogen-bond donors (Lipinski definition) is 3. The number of quaternary nitrogens is 1. The Balaban J connectivity index is 1.48. The Labute approximate surface area is 195 Å². The molecule has 170 valence electrons. The molecule has 1 spiro atoms. The fourth-order valence-corrected chi connectivity index (χ4v) is 6.06. The highest BCUT2D eigenvalue weighted by Crippen LogP contribution is 2.50. The monoisotopic (exact) mass is 455 g/mol. The summed E-state index contributed by atoms with van der Waals surface area (Å²) >= 11 is 0. The maximum Gasteiger partial charge on any atom is 0.291 e. The molecule has 0 bridgehead atoms. The van der Waals surface area contributed by atoms with Gasteiger partial charge >= 0.3 is 0 Å². The van der Waals surface area contributed by atoms with Crippen LogP contribution in [0.4, 0.5) is 11.4 Å². The molecule has 3 aliphatic heterocycles. The third-order valence-corrected chi connectivity index (χ3v) is 7.49. The maximum atomic E-state index is 13.9. The number of primary amides is 1. The lowest BCUT2D eigenvalue weighted by molar-refractivity contribution is -0.733. The number of imide groups is 1. The van der Waals surface area contributed by atoms with Gasteiger partial charge in [0.2, 0.25) is 23.3 Å². The first-order valence-corrected chi connectivity index (χ1v) is 11.3. The van der Waals surface area contributed by atoms with Gasteiger partial charge in [-0.25, -0.2) is 4.90 Å². The summed E-state index contributed by atoms with van der Waals surface area (Å²) in [5.41, 5.74) is 5.95. The Morgan fingerprint density at radius 3 is 2.50 bits per heavy atom. The zero-order chi connectivity index (χ0) is 23.6. The molecule has 3 aliphatic rings. The van der Waals surface area contributed by atoms with E-state index in [2.05, 4.69) is 5.32 Å². The number of fused-ring (bicyclic) bond motifs is 5. The van der Waals surface area contributed by atoms with Crippen LogP contribution in [0, 0.1) is 11.8 Å². The minimum atomic E-state index is -1.26. The molecule has 0 unspecified atom stereocenters. The molecule has 4 atom stereocenters. The van der Waals surface area contributed by atoms with Crippen LogP contribution in [0.25, 0.3) is 10.8 Å². The molecule has 5 N–H and O–H groups in total. The van der Waals surface area contributed by atoms with Gasteiger partial charge in [0.15, 0.2) is 0 Å². The standard InChI is InChI=1S/C26H22N4O4/c27-20(31)12-11-19-21-22(26(29-19)17-7-3-4-8-18(17)28-25(26)34)24(33)30(23(21)32)16-10-9-14-5-1-2-6-15(14)13-16/h1-10,13,19,21-22,29H,11-12H2,(H2,27,31)(H,28,34)/p+1/t19-,21+,22-,26+/m1/s1. The summed E-state index contributed by atoms with van der Waals surface area (Å²) in [6.07, 6.45) is 0.374. The number of nitrogens with two attached hydrogens (primary N) is 2. The lowest BCUT2D eigenvalue weighted by Crippen LogP contribution is -2.99. The van der Waals surface area contributed by atoms with E-state index in [4.69, 9.17) is 5.73 Å². The average molecular weight is 455 g/mol. The number of nitrogens with one attached hydrogen (secondary N) is 1. The van der Waals surface area contributed by atoms with Gasteiger partial charge in [0.05, 0.1) is 11.4 Å². The van der Waals surface area contributed by atoms with Crippen LogP contribution >= 0.6 is 0 Å². The fraction of sp³-hybridized carbons (Fsp3) is 0.231. The van der Waals surface area contributed by atoms with Crippen molar-refractivity contribution in [1.82, 2.24) is 0 Å². The van der Waals surface area contributed by atoms with Gasteiger partial charge in [0, 0.05) is 18.4 Å². The number of para-hydroxylation sites is 1. The van der Waals surface area contributed by atoms with Gasteiger partial charge in [-0.15, -0.1) is 0 Å². The number of carbonyl (C=O) groups excluding carboxylic acids is 4. The first-order valence-electron chi connectivity index (χ1n) is 11.3. The summed E-state index contributed by atoms with van der Waals surface area (Å²) in [5, 5.41) is 6.63. The Morgan fingerprint density at radius 2 is 1.71 bits per heavy atom. The quantitative estimate of drug-likeness (QED) is 0.508. The van der Waals surface area contributed by atoms with E-state index < -0.39 is 35.2 Å². The SMILES string of the molecule is NC(=O)CC[C@H]1[NH2+][C@]2(C(=O)Nc3ccccc32)[C@H]2C(=O)N(c3ccc4ccccc4c3)C(=O)[C@@H]12. The second kappa shape index (κ2) is 7.23. The zero-order valence-corrected chi connectivity index (χ0v) is 18.2. The highest BCUT2D eigenvalue weighted by molar-refractivity contribution is 6.25. The fourth-order valence-electron chi connectivity index (χ4n) is 6.06. The van der Waals surface area contributed by atoms with Gasteiger partial charge in [-0.1, -0.05) is 48.5 Å². The molecule has 34 heavy (non-hydrogen) atoms. The molecule has 0 aliphatic carbocycles. The van der Waals surface area contributed by atoms with Crippen LogP contribution < -0.4 is 21.3 Å².